The number of hydrogen-bond acceptors (Lipinski definition) is 6. The van der Waals surface area contributed by atoms with Crippen LogP contribution in [0.2, 0.25) is 0 Å². The van der Waals surface area contributed by atoms with Crippen LogP contribution >= 0.6 is 35.3 Å². The molecule has 3 aliphatic heterocycles. The van der Waals surface area contributed by atoms with Gasteiger partial charge in [-0.05, 0) is 239 Å². The molecule has 10 aromatic carbocycles. The van der Waals surface area contributed by atoms with Gasteiger partial charge in [-0.25, -0.2) is 0 Å². The Morgan fingerprint density at radius 3 is 1.02 bits per heavy atom. The second kappa shape index (κ2) is 18.6. The Balaban J connectivity index is 0.942. The molecule has 0 N–H and O–H groups in total. The van der Waals surface area contributed by atoms with Gasteiger partial charge in [0.15, 0.2) is 0 Å². The maximum atomic E-state index is 2.73. The minimum Gasteiger partial charge on any atom is -0.334 e. The van der Waals surface area contributed by atoms with Gasteiger partial charge in [0.05, 0.1) is 30.9 Å². The summed E-state index contributed by atoms with van der Waals surface area (Å²) in [5.74, 6) is 0. The van der Waals surface area contributed by atoms with Crippen LogP contribution in [0.1, 0.15) is 115 Å². The van der Waals surface area contributed by atoms with Crippen molar-refractivity contribution in [1.82, 2.24) is 0 Å². The smallest absolute Gasteiger partial charge is 0.0658 e. The molecule has 0 radical (unpaired) electrons. The largest absolute Gasteiger partial charge is 0.334 e. The van der Waals surface area contributed by atoms with Crippen LogP contribution in [-0.4, -0.2) is 35.4 Å². The number of benzene rings is 10. The number of nitrogens with zero attached hydrogens (tertiary/aromatic N) is 3. The Morgan fingerprint density at radius 2 is 0.646 bits per heavy atom. The lowest BCUT2D eigenvalue weighted by Crippen LogP contribution is -2.54. The summed E-state index contributed by atoms with van der Waals surface area (Å²) in [4.78, 5) is 8.18. The summed E-state index contributed by atoms with van der Waals surface area (Å²) in [6.45, 7) is 7.70. The Kier molecular flexibility index (Phi) is 11.6. The van der Waals surface area contributed by atoms with Crippen molar-refractivity contribution in [2.24, 2.45) is 0 Å². The quantitative estimate of drug-likeness (QED) is 0.132. The number of para-hydroxylation sites is 3. The molecule has 0 spiro atoms. The summed E-state index contributed by atoms with van der Waals surface area (Å²) in [7, 11) is 0. The van der Waals surface area contributed by atoms with Gasteiger partial charge in [0, 0.05) is 34.1 Å². The molecular formula is C76H73N3S3. The van der Waals surface area contributed by atoms with Gasteiger partial charge in [-0.15, -0.1) is 0 Å². The van der Waals surface area contributed by atoms with E-state index >= 15 is 0 Å². The van der Waals surface area contributed by atoms with E-state index in [0.717, 1.165) is 0 Å². The fourth-order valence-electron chi connectivity index (χ4n) is 18.5. The Hall–Kier alpha value is -6.31. The van der Waals surface area contributed by atoms with E-state index < -0.39 is 0 Å². The molecule has 82 heavy (non-hydrogen) atoms. The van der Waals surface area contributed by atoms with Gasteiger partial charge in [0.2, 0.25) is 0 Å². The van der Waals surface area contributed by atoms with Crippen LogP contribution in [0.3, 0.4) is 0 Å². The summed E-state index contributed by atoms with van der Waals surface area (Å²) < 4.78 is -0.111. The van der Waals surface area contributed by atoms with Gasteiger partial charge in [-0.1, -0.05) is 148 Å². The molecule has 3 saturated carbocycles. The topological polar surface area (TPSA) is 9.72 Å². The Bertz CT molecular complexity index is 4030. The summed E-state index contributed by atoms with van der Waals surface area (Å²) in [6, 6.07) is 73.9. The molecule has 6 unspecified atom stereocenters. The molecule has 0 saturated heterocycles. The first-order chi connectivity index (χ1) is 40.1. The van der Waals surface area contributed by atoms with Crippen molar-refractivity contribution in [2.75, 3.05) is 33.5 Å². The first kappa shape index (κ1) is 51.3. The molecule has 0 bridgehead atoms. The van der Waals surface area contributed by atoms with Crippen molar-refractivity contribution in [2.45, 2.75) is 129 Å². The van der Waals surface area contributed by atoms with E-state index in [9.17, 15) is 0 Å². The van der Waals surface area contributed by atoms with E-state index in [0.29, 0.717) is 0 Å². The SMILES string of the molecule is CSC12CCCCC1(C)N(c1ccccc1)c1ccc(-c3ccc4ccc5c(-c6ccc7c(c6)C6(SC)CCCCC6(C)N7c6ccccc6)cc(-c6ccc7c(c6)C6(SC)CCCCC6(C)N7c6ccccc6)c6ccc3c4c56)cc12. The third kappa shape index (κ3) is 6.61. The van der Waals surface area contributed by atoms with Crippen LogP contribution < -0.4 is 14.7 Å². The van der Waals surface area contributed by atoms with Crippen LogP contribution in [0.5, 0.6) is 0 Å². The Labute approximate surface area is 498 Å². The number of hydrogen-bond donors (Lipinski definition) is 0. The molecule has 3 heterocycles. The van der Waals surface area contributed by atoms with Crippen LogP contribution in [0.25, 0.3) is 65.7 Å². The van der Waals surface area contributed by atoms with Crippen molar-refractivity contribution >= 4 is 102 Å². The molecule has 6 atom stereocenters. The van der Waals surface area contributed by atoms with E-state index in [-0.39, 0.29) is 30.9 Å². The van der Waals surface area contributed by atoms with E-state index in [1.54, 1.807) is 0 Å². The van der Waals surface area contributed by atoms with Gasteiger partial charge in [0.1, 0.15) is 0 Å². The molecule has 0 amide bonds. The molecule has 3 nitrogen and oxygen atoms in total. The minimum absolute atomic E-state index is 0.0180. The molecule has 6 aliphatic rings. The van der Waals surface area contributed by atoms with Crippen molar-refractivity contribution in [3.8, 4) is 33.4 Å². The van der Waals surface area contributed by atoms with Crippen LogP contribution in [0, 0.1) is 0 Å². The number of fused-ring (bicyclic) bond motifs is 9. The maximum absolute atomic E-state index is 2.73. The highest BCUT2D eigenvalue weighted by molar-refractivity contribution is 8.00. The van der Waals surface area contributed by atoms with Gasteiger partial charge >= 0.3 is 0 Å². The predicted molar refractivity (Wildman–Crippen MR) is 358 cm³/mol. The first-order valence-electron chi connectivity index (χ1n) is 30.5. The van der Waals surface area contributed by atoms with Crippen LogP contribution in [0.15, 0.2) is 188 Å². The third-order valence-electron chi connectivity index (χ3n) is 22.2. The monoisotopic (exact) mass is 1120 g/mol. The van der Waals surface area contributed by atoms with Crippen molar-refractivity contribution in [3.63, 3.8) is 0 Å². The minimum atomic E-state index is -0.0570. The second-order valence-corrected chi connectivity index (χ2v) is 28.9. The van der Waals surface area contributed by atoms with E-state index in [4.69, 9.17) is 0 Å². The van der Waals surface area contributed by atoms with Gasteiger partial charge < -0.3 is 14.7 Å². The normalized spacial score (nSPS) is 27.2. The molecule has 10 aromatic rings. The van der Waals surface area contributed by atoms with Crippen molar-refractivity contribution in [3.05, 3.63) is 205 Å². The third-order valence-corrected chi connectivity index (χ3v) is 26.9. The summed E-state index contributed by atoms with van der Waals surface area (Å²) in [5, 5.41) is 8.05. The molecule has 16 rings (SSSR count). The lowest BCUT2D eigenvalue weighted by molar-refractivity contribution is 0.262. The average molecular weight is 1120 g/mol. The standard InChI is InChI=1S/C76H73N3S3/c1-71-40-16-19-43-74(71,80-4)63-46-51(30-37-66(63)77(71)54-22-10-7-11-23-54)57-33-28-50-29-34-59-61(52-31-38-67-64(47-52)75(81-5)44-20-17-41-72(75,2)78(67)55-24-12-8-13-25-55)49-62(60-36-35-58(57)69(50)70(59)60)53-32-39-68-65(48-53)76(82-6)45-21-18-42-73(76,3)79(68)56-26-14-9-15-27-56/h7-15,22-39,46-49H,16-21,40-45H2,1-6H3. The summed E-state index contributed by atoms with van der Waals surface area (Å²) in [5.41, 5.74) is 20.2. The molecule has 3 aliphatic carbocycles. The van der Waals surface area contributed by atoms with Gasteiger partial charge in [-0.2, -0.15) is 35.3 Å². The van der Waals surface area contributed by atoms with Crippen LogP contribution in [0.4, 0.5) is 34.1 Å². The van der Waals surface area contributed by atoms with E-state index in [1.165, 1.54) is 194 Å². The average Bonchev–Trinajstić information content (AvgIpc) is 1.87. The zero-order chi connectivity index (χ0) is 55.4. The van der Waals surface area contributed by atoms with Crippen molar-refractivity contribution < 1.29 is 0 Å². The lowest BCUT2D eigenvalue weighted by Gasteiger charge is -2.51. The summed E-state index contributed by atoms with van der Waals surface area (Å²) in [6.07, 6.45) is 21.7. The number of anilines is 6. The highest BCUT2D eigenvalue weighted by Gasteiger charge is 2.63. The van der Waals surface area contributed by atoms with Crippen LogP contribution in [-0.2, 0) is 14.2 Å². The molecule has 410 valence electrons. The lowest BCUT2D eigenvalue weighted by atomic mass is 9.71. The summed E-state index contributed by atoms with van der Waals surface area (Å²) >= 11 is 6.29. The fourth-order valence-corrected chi connectivity index (χ4v) is 22.6. The first-order valence-corrected chi connectivity index (χ1v) is 34.2. The molecule has 6 heteroatoms. The van der Waals surface area contributed by atoms with Gasteiger partial charge in [0.25, 0.3) is 0 Å². The van der Waals surface area contributed by atoms with Gasteiger partial charge in [-0.3, -0.25) is 0 Å². The second-order valence-electron chi connectivity index (χ2n) is 25.6. The number of thioether (sulfide) groups is 3. The highest BCUT2D eigenvalue weighted by atomic mass is 32.2. The fraction of sp³-hybridized carbons (Fsp3) is 0.316. The van der Waals surface area contributed by atoms with E-state index in [1.807, 2.05) is 0 Å². The molecule has 3 fully saturated rings. The van der Waals surface area contributed by atoms with Crippen molar-refractivity contribution in [1.29, 1.82) is 0 Å². The maximum Gasteiger partial charge on any atom is 0.0658 e. The molecule has 0 aromatic heterocycles. The molecular weight excluding hydrogens is 1050 g/mol. The zero-order valence-corrected chi connectivity index (χ0v) is 50.9. The zero-order valence-electron chi connectivity index (χ0n) is 48.4. The number of rotatable bonds is 9. The predicted octanol–water partition coefficient (Wildman–Crippen LogP) is 21.7. The van der Waals surface area contributed by atoms with E-state index in [2.05, 4.69) is 278 Å². The highest BCUT2D eigenvalue weighted by Crippen LogP contribution is 2.69. The Morgan fingerprint density at radius 1 is 0.317 bits per heavy atom.